The van der Waals surface area contributed by atoms with Crippen molar-refractivity contribution in [3.63, 3.8) is 0 Å². The third kappa shape index (κ3) is 3.44. The Morgan fingerprint density at radius 1 is 1.28 bits per heavy atom. The molecular formula is C20H22N6O3. The van der Waals surface area contributed by atoms with Gasteiger partial charge in [0.2, 0.25) is 0 Å². The first kappa shape index (κ1) is 17.7. The number of rotatable bonds is 1. The van der Waals surface area contributed by atoms with Gasteiger partial charge in [0.05, 0.1) is 12.5 Å². The van der Waals surface area contributed by atoms with E-state index in [1.807, 2.05) is 12.3 Å². The maximum absolute atomic E-state index is 12.2. The molecule has 4 bridgehead atoms. The minimum Gasteiger partial charge on any atom is -0.493 e. The highest BCUT2D eigenvalue weighted by Gasteiger charge is 2.28. The average Bonchev–Trinajstić information content (AvgIpc) is 3.11. The van der Waals surface area contributed by atoms with Crippen LogP contribution in [-0.2, 0) is 11.3 Å². The second-order valence-electron chi connectivity index (χ2n) is 7.40. The molecule has 3 aromatic rings. The van der Waals surface area contributed by atoms with Gasteiger partial charge >= 0.3 is 0 Å². The summed E-state index contributed by atoms with van der Waals surface area (Å²) in [6.45, 7) is 3.29. The number of carbonyl (C=O) groups is 1. The van der Waals surface area contributed by atoms with Gasteiger partial charge in [0.25, 0.3) is 5.91 Å². The second-order valence-corrected chi connectivity index (χ2v) is 7.40. The van der Waals surface area contributed by atoms with Crippen molar-refractivity contribution in [3.8, 4) is 11.5 Å². The number of aromatic nitrogens is 3. The zero-order chi connectivity index (χ0) is 19.8. The van der Waals surface area contributed by atoms with Gasteiger partial charge in [-0.3, -0.25) is 9.69 Å². The molecule has 9 nitrogen and oxygen atoms in total. The van der Waals surface area contributed by atoms with E-state index < -0.39 is 0 Å². The van der Waals surface area contributed by atoms with Gasteiger partial charge < -0.3 is 25.1 Å². The molecule has 2 aromatic heterocycles. The fourth-order valence-electron chi connectivity index (χ4n) is 3.88. The first-order valence-corrected chi connectivity index (χ1v) is 9.57. The van der Waals surface area contributed by atoms with Gasteiger partial charge in [-0.1, -0.05) is 0 Å². The van der Waals surface area contributed by atoms with Gasteiger partial charge in [-0.05, 0) is 17.7 Å². The summed E-state index contributed by atoms with van der Waals surface area (Å²) in [5, 5.41) is 7.29. The summed E-state index contributed by atoms with van der Waals surface area (Å²) in [6.07, 6.45) is 3.53. The number of anilines is 2. The van der Waals surface area contributed by atoms with Gasteiger partial charge in [0, 0.05) is 50.0 Å². The van der Waals surface area contributed by atoms with Crippen LogP contribution in [0.15, 0.2) is 30.7 Å². The number of carbonyl (C=O) groups excluding carboxylic acids is 1. The molecular weight excluding hydrogens is 372 g/mol. The highest BCUT2D eigenvalue weighted by molar-refractivity contribution is 5.92. The van der Waals surface area contributed by atoms with Gasteiger partial charge in [-0.25, -0.2) is 9.97 Å². The largest absolute Gasteiger partial charge is 0.493 e. The van der Waals surface area contributed by atoms with Crippen molar-refractivity contribution >= 4 is 28.4 Å². The van der Waals surface area contributed by atoms with E-state index in [0.717, 1.165) is 47.7 Å². The third-order valence-electron chi connectivity index (χ3n) is 5.35. The monoisotopic (exact) mass is 394 g/mol. The van der Waals surface area contributed by atoms with E-state index in [-0.39, 0.29) is 12.5 Å². The summed E-state index contributed by atoms with van der Waals surface area (Å²) in [7, 11) is 1.57. The highest BCUT2D eigenvalue weighted by atomic mass is 16.5. The number of benzene rings is 1. The van der Waals surface area contributed by atoms with Crippen LogP contribution in [0.4, 0.5) is 11.5 Å². The summed E-state index contributed by atoms with van der Waals surface area (Å²) >= 11 is 0. The van der Waals surface area contributed by atoms with Crippen molar-refractivity contribution in [2.75, 3.05) is 38.7 Å². The summed E-state index contributed by atoms with van der Waals surface area (Å²) in [4.78, 5) is 26.6. The van der Waals surface area contributed by atoms with Crippen molar-refractivity contribution in [2.24, 2.45) is 5.92 Å². The number of methoxy groups -OCH3 is 1. The van der Waals surface area contributed by atoms with Gasteiger partial charge in [-0.15, -0.1) is 0 Å². The molecule has 29 heavy (non-hydrogen) atoms. The van der Waals surface area contributed by atoms with E-state index in [4.69, 9.17) is 9.47 Å². The Labute approximate surface area is 167 Å². The Morgan fingerprint density at radius 3 is 3.03 bits per heavy atom. The molecule has 3 aliphatic rings. The Bertz CT molecular complexity index is 1060. The molecule has 0 saturated carbocycles. The normalized spacial score (nSPS) is 21.5. The van der Waals surface area contributed by atoms with E-state index in [1.165, 1.54) is 6.33 Å². The van der Waals surface area contributed by atoms with Gasteiger partial charge in [0.15, 0.2) is 18.1 Å². The molecule has 0 aliphatic carbocycles. The molecule has 1 amide bonds. The second kappa shape index (κ2) is 7.25. The van der Waals surface area contributed by atoms with E-state index >= 15 is 0 Å². The molecule has 1 saturated heterocycles. The molecule has 9 heteroatoms. The molecule has 6 rings (SSSR count). The molecule has 0 atom stereocenters. The van der Waals surface area contributed by atoms with Crippen LogP contribution in [-0.4, -0.2) is 59.1 Å². The summed E-state index contributed by atoms with van der Waals surface area (Å²) in [6, 6.07) is 5.49. The molecule has 3 N–H and O–H groups in total. The Kier molecular flexibility index (Phi) is 4.44. The van der Waals surface area contributed by atoms with Crippen molar-refractivity contribution in [1.29, 1.82) is 0 Å². The maximum atomic E-state index is 12.2. The van der Waals surface area contributed by atoms with E-state index in [9.17, 15) is 4.79 Å². The highest BCUT2D eigenvalue weighted by Crippen LogP contribution is 2.33. The quantitative estimate of drug-likeness (QED) is 0.576. The Hall–Kier alpha value is -3.33. The summed E-state index contributed by atoms with van der Waals surface area (Å²) < 4.78 is 11.1. The lowest BCUT2D eigenvalue weighted by Gasteiger charge is -2.39. The maximum Gasteiger partial charge on any atom is 0.257 e. The van der Waals surface area contributed by atoms with E-state index in [2.05, 4.69) is 30.5 Å². The number of nitrogens with one attached hydrogen (secondary N) is 3. The number of nitrogens with zero attached hydrogens (tertiary/aromatic N) is 3. The van der Waals surface area contributed by atoms with Crippen molar-refractivity contribution in [2.45, 2.75) is 6.54 Å². The topological polar surface area (TPSA) is 104 Å². The molecule has 0 spiro atoms. The zero-order valence-corrected chi connectivity index (χ0v) is 16.1. The molecule has 1 fully saturated rings. The first-order chi connectivity index (χ1) is 14.2. The van der Waals surface area contributed by atoms with Gasteiger partial charge in [-0.2, -0.15) is 0 Å². The fraction of sp³-hybridized carbons (Fsp3) is 0.350. The number of amides is 1. The van der Waals surface area contributed by atoms with Crippen LogP contribution < -0.4 is 20.1 Å². The Balaban J connectivity index is 1.54. The lowest BCUT2D eigenvalue weighted by atomic mass is 9.99. The van der Waals surface area contributed by atoms with Crippen LogP contribution >= 0.6 is 0 Å². The van der Waals surface area contributed by atoms with Crippen molar-refractivity contribution in [3.05, 3.63) is 36.3 Å². The number of hydrogen-bond donors (Lipinski definition) is 3. The van der Waals surface area contributed by atoms with E-state index in [0.29, 0.717) is 24.0 Å². The fourth-order valence-corrected chi connectivity index (χ4v) is 3.88. The number of ether oxygens (including phenoxy) is 2. The molecule has 0 unspecified atom stereocenters. The molecule has 1 aromatic carbocycles. The van der Waals surface area contributed by atoms with Crippen LogP contribution in [0.25, 0.3) is 11.0 Å². The van der Waals surface area contributed by atoms with Crippen LogP contribution in [0.3, 0.4) is 0 Å². The lowest BCUT2D eigenvalue weighted by Crippen LogP contribution is -2.51. The first-order valence-electron chi connectivity index (χ1n) is 9.57. The predicted molar refractivity (Wildman–Crippen MR) is 107 cm³/mol. The molecule has 3 aliphatic heterocycles. The Morgan fingerprint density at radius 2 is 2.17 bits per heavy atom. The predicted octanol–water partition coefficient (Wildman–Crippen LogP) is 1.65. The lowest BCUT2D eigenvalue weighted by molar-refractivity contribution is -0.123. The number of H-pyrrole nitrogens is 1. The third-order valence-corrected chi connectivity index (χ3v) is 5.35. The van der Waals surface area contributed by atoms with Crippen LogP contribution in [0.1, 0.15) is 5.56 Å². The van der Waals surface area contributed by atoms with E-state index in [1.54, 1.807) is 19.2 Å². The van der Waals surface area contributed by atoms with Crippen molar-refractivity contribution in [1.82, 2.24) is 25.2 Å². The minimum absolute atomic E-state index is 0.0596. The van der Waals surface area contributed by atoms with Crippen molar-refractivity contribution < 1.29 is 14.3 Å². The van der Waals surface area contributed by atoms with Crippen LogP contribution in [0, 0.1) is 5.92 Å². The van der Waals surface area contributed by atoms with Crippen LogP contribution in [0.5, 0.6) is 11.5 Å². The SMILES string of the molecule is COc1ccc2cc1OCC(=O)NCC1CN(Cc3c[nH]c4ncnc(c34)N2)C1. The minimum atomic E-state index is -0.138. The number of fused-ring (bicyclic) bond motifs is 4. The molecule has 0 radical (unpaired) electrons. The summed E-state index contributed by atoms with van der Waals surface area (Å²) in [5.41, 5.74) is 2.72. The molecule has 150 valence electrons. The zero-order valence-electron chi connectivity index (χ0n) is 16.1. The summed E-state index contributed by atoms with van der Waals surface area (Å²) in [5.74, 6) is 2.10. The number of aromatic amines is 1. The standard InChI is InChI=1S/C20H22N6O3/c1-28-15-3-2-14-4-16(15)29-10-17(27)21-5-12-7-26(8-12)9-13-6-22-19-18(13)20(25-14)24-11-23-19/h2-4,6,11-12H,5,7-10H2,1H3,(H,21,27)(H2,22,23,24,25). The van der Waals surface area contributed by atoms with Gasteiger partial charge in [0.1, 0.15) is 17.8 Å². The smallest absolute Gasteiger partial charge is 0.257 e. The van der Waals surface area contributed by atoms with Crippen LogP contribution in [0.2, 0.25) is 0 Å². The average molecular weight is 394 g/mol. The number of hydrogen-bond acceptors (Lipinski definition) is 7. The molecule has 5 heterocycles.